The fraction of sp³-hybridized carbons (Fsp3) is 0.318. The number of carbonyl (C=O) groups is 1. The largest absolute Gasteiger partial charge is 0.341 e. The first-order valence-corrected chi connectivity index (χ1v) is 9.76. The van der Waals surface area contributed by atoms with Gasteiger partial charge in [-0.1, -0.05) is 18.2 Å². The molecule has 1 N–H and O–H groups in total. The van der Waals surface area contributed by atoms with E-state index >= 15 is 0 Å². The molecule has 2 atom stereocenters. The van der Waals surface area contributed by atoms with Crippen molar-refractivity contribution in [3.05, 3.63) is 77.0 Å². The first-order valence-electron chi connectivity index (χ1n) is 9.76. The predicted molar refractivity (Wildman–Crippen MR) is 101 cm³/mol. The van der Waals surface area contributed by atoms with E-state index in [9.17, 15) is 9.18 Å². The Bertz CT molecular complexity index is 1090. The normalized spacial score (nSPS) is 23.0. The molecule has 0 spiro atoms. The number of benzene rings is 1. The van der Waals surface area contributed by atoms with Gasteiger partial charge in [0.05, 0.1) is 11.2 Å². The van der Waals surface area contributed by atoms with Gasteiger partial charge in [-0.25, -0.2) is 14.1 Å². The summed E-state index contributed by atoms with van der Waals surface area (Å²) in [4.78, 5) is 17.6. The van der Waals surface area contributed by atoms with Gasteiger partial charge in [-0.15, -0.1) is 0 Å². The third kappa shape index (κ3) is 2.33. The van der Waals surface area contributed by atoms with Crippen LogP contribution in [-0.4, -0.2) is 20.7 Å². The Hall–Kier alpha value is -3.02. The zero-order valence-corrected chi connectivity index (χ0v) is 15.2. The van der Waals surface area contributed by atoms with Crippen LogP contribution in [0, 0.1) is 11.7 Å². The van der Waals surface area contributed by atoms with E-state index < -0.39 is 5.54 Å². The molecular formula is C22H19FN4O. The van der Waals surface area contributed by atoms with Gasteiger partial charge in [0.15, 0.2) is 11.5 Å². The highest BCUT2D eigenvalue weighted by atomic mass is 19.1. The van der Waals surface area contributed by atoms with E-state index in [0.29, 0.717) is 17.5 Å². The van der Waals surface area contributed by atoms with Crippen molar-refractivity contribution < 1.29 is 9.18 Å². The lowest BCUT2D eigenvalue weighted by Gasteiger charge is -2.17. The van der Waals surface area contributed by atoms with Crippen LogP contribution in [0.15, 0.2) is 48.7 Å². The number of pyridine rings is 1. The molecule has 2 aromatic heterocycles. The molecule has 28 heavy (non-hydrogen) atoms. The Morgan fingerprint density at radius 2 is 2.00 bits per heavy atom. The molecule has 2 saturated carbocycles. The number of aromatic nitrogens is 3. The summed E-state index contributed by atoms with van der Waals surface area (Å²) in [5, 5.41) is 7.87. The van der Waals surface area contributed by atoms with Crippen LogP contribution in [0.3, 0.4) is 0 Å². The highest BCUT2D eigenvalue weighted by molar-refractivity contribution is 5.95. The van der Waals surface area contributed by atoms with Crippen LogP contribution in [0.4, 0.5) is 4.39 Å². The maximum Gasteiger partial charge on any atom is 0.272 e. The van der Waals surface area contributed by atoms with Gasteiger partial charge < -0.3 is 5.32 Å². The summed E-state index contributed by atoms with van der Waals surface area (Å²) >= 11 is 0. The average Bonchev–Trinajstić information content (AvgIpc) is 3.59. The van der Waals surface area contributed by atoms with Crippen LogP contribution in [0.1, 0.15) is 52.5 Å². The molecule has 0 unspecified atom stereocenters. The molecule has 6 rings (SSSR count). The molecule has 1 aromatic carbocycles. The zero-order valence-electron chi connectivity index (χ0n) is 15.2. The quantitative estimate of drug-likeness (QED) is 0.761. The summed E-state index contributed by atoms with van der Waals surface area (Å²) in [6, 6.07) is 12.1. The molecular weight excluding hydrogens is 355 g/mol. The van der Waals surface area contributed by atoms with Gasteiger partial charge in [0, 0.05) is 17.7 Å². The van der Waals surface area contributed by atoms with Gasteiger partial charge in [0.25, 0.3) is 5.91 Å². The Morgan fingerprint density at radius 1 is 1.18 bits per heavy atom. The van der Waals surface area contributed by atoms with Gasteiger partial charge in [-0.3, -0.25) is 4.79 Å². The summed E-state index contributed by atoms with van der Waals surface area (Å²) < 4.78 is 15.1. The first-order chi connectivity index (χ1) is 13.6. The van der Waals surface area contributed by atoms with Crippen molar-refractivity contribution in [3.8, 4) is 5.82 Å². The SMILES string of the molecule is O=C(NC1(c2ccc(F)cc2)CC1)c1nn(-c2ccccn2)c2c1C[C@H]1C[C@@H]21. The first kappa shape index (κ1) is 16.0. The number of fused-ring (bicyclic) bond motifs is 3. The van der Waals surface area contributed by atoms with Crippen molar-refractivity contribution in [1.29, 1.82) is 0 Å². The summed E-state index contributed by atoms with van der Waals surface area (Å²) in [5.41, 5.74) is 3.29. The third-order valence-electron chi connectivity index (χ3n) is 6.34. The standard InChI is InChI=1S/C22H19FN4O/c23-15-6-4-14(5-7-15)22(8-9-22)25-21(28)19-17-12-13-11-16(13)20(17)27(26-19)18-3-1-2-10-24-18/h1-7,10,13,16H,8-9,11-12H2,(H,25,28)/t13-,16-/m1/s1. The highest BCUT2D eigenvalue weighted by Gasteiger charge is 2.51. The number of nitrogens with zero attached hydrogens (tertiary/aromatic N) is 3. The average molecular weight is 374 g/mol. The van der Waals surface area contributed by atoms with Crippen molar-refractivity contribution in [2.24, 2.45) is 5.92 Å². The molecule has 0 aliphatic heterocycles. The van der Waals surface area contributed by atoms with Crippen LogP contribution < -0.4 is 5.32 Å². The van der Waals surface area contributed by atoms with Crippen LogP contribution in [-0.2, 0) is 12.0 Å². The molecule has 5 nitrogen and oxygen atoms in total. The number of halogens is 1. The minimum atomic E-state index is -0.395. The Kier molecular flexibility index (Phi) is 3.14. The number of nitrogens with one attached hydrogen (secondary N) is 1. The Morgan fingerprint density at radius 3 is 2.71 bits per heavy atom. The van der Waals surface area contributed by atoms with E-state index in [2.05, 4.69) is 15.4 Å². The molecule has 0 bridgehead atoms. The van der Waals surface area contributed by atoms with E-state index in [1.807, 2.05) is 22.9 Å². The summed E-state index contributed by atoms with van der Waals surface area (Å²) in [7, 11) is 0. The van der Waals surface area contributed by atoms with Crippen molar-refractivity contribution in [2.75, 3.05) is 0 Å². The lowest BCUT2D eigenvalue weighted by Crippen LogP contribution is -2.35. The van der Waals surface area contributed by atoms with Crippen LogP contribution in [0.5, 0.6) is 0 Å². The molecule has 1 amide bonds. The molecule has 3 aromatic rings. The third-order valence-corrected chi connectivity index (χ3v) is 6.34. The fourth-order valence-electron chi connectivity index (χ4n) is 4.61. The van der Waals surface area contributed by atoms with E-state index in [4.69, 9.17) is 0 Å². The van der Waals surface area contributed by atoms with E-state index in [1.165, 1.54) is 18.6 Å². The summed E-state index contributed by atoms with van der Waals surface area (Å²) in [6.45, 7) is 0. The fourth-order valence-corrected chi connectivity index (χ4v) is 4.61. The number of amides is 1. The maximum absolute atomic E-state index is 13.3. The van der Waals surface area contributed by atoms with Crippen molar-refractivity contribution >= 4 is 5.91 Å². The Balaban J connectivity index is 1.36. The summed E-state index contributed by atoms with van der Waals surface area (Å²) in [5.74, 6) is 1.48. The molecule has 3 aliphatic rings. The van der Waals surface area contributed by atoms with Crippen LogP contribution >= 0.6 is 0 Å². The molecule has 3 aliphatic carbocycles. The molecule has 0 radical (unpaired) electrons. The minimum absolute atomic E-state index is 0.144. The highest BCUT2D eigenvalue weighted by Crippen LogP contribution is 2.57. The second-order valence-electron chi connectivity index (χ2n) is 8.16. The smallest absolute Gasteiger partial charge is 0.272 e. The second-order valence-corrected chi connectivity index (χ2v) is 8.16. The maximum atomic E-state index is 13.3. The number of hydrogen-bond donors (Lipinski definition) is 1. The minimum Gasteiger partial charge on any atom is -0.341 e. The van der Waals surface area contributed by atoms with Crippen molar-refractivity contribution in [1.82, 2.24) is 20.1 Å². The van der Waals surface area contributed by atoms with E-state index in [-0.39, 0.29) is 11.7 Å². The molecule has 2 heterocycles. The number of rotatable bonds is 4. The van der Waals surface area contributed by atoms with Crippen LogP contribution in [0.25, 0.3) is 5.82 Å². The molecule has 140 valence electrons. The van der Waals surface area contributed by atoms with Gasteiger partial charge in [-0.2, -0.15) is 5.10 Å². The molecule has 0 saturated heterocycles. The predicted octanol–water partition coefficient (Wildman–Crippen LogP) is 3.49. The molecule has 2 fully saturated rings. The van der Waals surface area contributed by atoms with Gasteiger partial charge in [-0.05, 0) is 61.4 Å². The van der Waals surface area contributed by atoms with E-state index in [1.54, 1.807) is 18.3 Å². The van der Waals surface area contributed by atoms with E-state index in [0.717, 1.165) is 41.9 Å². The molecule has 6 heteroatoms. The van der Waals surface area contributed by atoms with Gasteiger partial charge in [0.1, 0.15) is 5.82 Å². The van der Waals surface area contributed by atoms with Crippen molar-refractivity contribution in [3.63, 3.8) is 0 Å². The van der Waals surface area contributed by atoms with Crippen molar-refractivity contribution in [2.45, 2.75) is 37.1 Å². The van der Waals surface area contributed by atoms with Gasteiger partial charge in [0.2, 0.25) is 0 Å². The Labute approximate surface area is 161 Å². The topological polar surface area (TPSA) is 59.8 Å². The lowest BCUT2D eigenvalue weighted by atomic mass is 10.0. The number of carbonyl (C=O) groups excluding carboxylic acids is 1. The zero-order chi connectivity index (χ0) is 18.9. The number of hydrogen-bond acceptors (Lipinski definition) is 3. The van der Waals surface area contributed by atoms with Gasteiger partial charge >= 0.3 is 0 Å². The lowest BCUT2D eigenvalue weighted by molar-refractivity contribution is 0.0924. The monoisotopic (exact) mass is 374 g/mol. The second kappa shape index (κ2) is 5.50. The summed E-state index contributed by atoms with van der Waals surface area (Å²) in [6.07, 6.45) is 5.55. The van der Waals surface area contributed by atoms with Crippen LogP contribution in [0.2, 0.25) is 0 Å².